The molecule has 1 N–H and O–H groups in total. The fraction of sp³-hybridized carbons (Fsp3) is 0.0690. The summed E-state index contributed by atoms with van der Waals surface area (Å²) in [4.78, 5) is 15.1. The molecular formula is C29H24N2O2S. The lowest BCUT2D eigenvalue weighted by atomic mass is 10.2. The molecule has 168 valence electrons. The molecule has 0 saturated heterocycles. The van der Waals surface area contributed by atoms with Gasteiger partial charge in [0.05, 0.1) is 11.2 Å². The Balaban J connectivity index is 1.29. The Kier molecular flexibility index (Phi) is 6.64. The number of amides is 1. The number of hydrogen-bond donors (Lipinski definition) is 1. The van der Waals surface area contributed by atoms with Crippen molar-refractivity contribution >= 4 is 34.3 Å². The Bertz CT molecular complexity index is 1400. The molecule has 0 spiro atoms. The maximum absolute atomic E-state index is 13.0. The first-order chi connectivity index (χ1) is 16.8. The zero-order valence-electron chi connectivity index (χ0n) is 18.6. The first kappa shape index (κ1) is 21.9. The third-order valence-corrected chi connectivity index (χ3v) is 6.54. The van der Waals surface area contributed by atoms with E-state index in [4.69, 9.17) is 4.74 Å². The number of para-hydroxylation sites is 1. The normalized spacial score (nSPS) is 10.8. The van der Waals surface area contributed by atoms with Crippen LogP contribution >= 0.6 is 11.8 Å². The van der Waals surface area contributed by atoms with Crippen molar-refractivity contribution in [3.8, 4) is 5.75 Å². The minimum atomic E-state index is -0.0748. The average molecular weight is 465 g/mol. The molecule has 0 fully saturated rings. The van der Waals surface area contributed by atoms with Gasteiger partial charge in [0.1, 0.15) is 18.9 Å². The number of carbonyl (C=O) groups excluding carboxylic acids is 1. The highest BCUT2D eigenvalue weighted by Gasteiger charge is 2.12. The molecule has 0 bridgehead atoms. The number of hydrogen-bond acceptors (Lipinski definition) is 3. The van der Waals surface area contributed by atoms with Crippen LogP contribution in [0.2, 0.25) is 0 Å². The van der Waals surface area contributed by atoms with Crippen molar-refractivity contribution in [2.75, 3.05) is 5.32 Å². The average Bonchev–Trinajstić information content (AvgIpc) is 3.28. The third kappa shape index (κ3) is 5.16. The van der Waals surface area contributed by atoms with Crippen LogP contribution in [0.4, 0.5) is 5.69 Å². The summed E-state index contributed by atoms with van der Waals surface area (Å²) in [7, 11) is 0. The van der Waals surface area contributed by atoms with E-state index in [2.05, 4.69) is 17.4 Å². The summed E-state index contributed by atoms with van der Waals surface area (Å²) in [6.07, 6.45) is 1.93. The van der Waals surface area contributed by atoms with E-state index in [1.807, 2.05) is 108 Å². The highest BCUT2D eigenvalue weighted by Crippen LogP contribution is 2.33. The minimum absolute atomic E-state index is 0.0748. The zero-order chi connectivity index (χ0) is 23.2. The lowest BCUT2D eigenvalue weighted by Gasteiger charge is -2.12. The second-order valence-electron chi connectivity index (χ2n) is 7.87. The predicted octanol–water partition coefficient (Wildman–Crippen LogP) is 7.01. The summed E-state index contributed by atoms with van der Waals surface area (Å²) < 4.78 is 8.03. The molecule has 0 atom stereocenters. The summed E-state index contributed by atoms with van der Waals surface area (Å²) in [5.74, 6) is 0.735. The SMILES string of the molecule is O=C(Cn1ccc2c(OCc3ccccc3)cccc21)Nc1ccccc1Sc1ccccc1. The lowest BCUT2D eigenvalue weighted by Crippen LogP contribution is -2.18. The number of rotatable bonds is 8. The second-order valence-corrected chi connectivity index (χ2v) is 8.98. The summed E-state index contributed by atoms with van der Waals surface area (Å²) in [5.41, 5.74) is 2.89. The van der Waals surface area contributed by atoms with Crippen molar-refractivity contribution in [1.82, 2.24) is 4.57 Å². The van der Waals surface area contributed by atoms with Gasteiger partial charge in [-0.05, 0) is 48.0 Å². The number of carbonyl (C=O) groups is 1. The molecule has 4 aromatic carbocycles. The molecule has 34 heavy (non-hydrogen) atoms. The van der Waals surface area contributed by atoms with Crippen LogP contribution in [0, 0.1) is 0 Å². The van der Waals surface area contributed by atoms with Crippen molar-refractivity contribution in [2.24, 2.45) is 0 Å². The van der Waals surface area contributed by atoms with Gasteiger partial charge in [0.15, 0.2) is 0 Å². The zero-order valence-corrected chi connectivity index (χ0v) is 19.4. The first-order valence-corrected chi connectivity index (χ1v) is 11.9. The maximum Gasteiger partial charge on any atom is 0.244 e. The van der Waals surface area contributed by atoms with Crippen molar-refractivity contribution in [3.05, 3.63) is 121 Å². The van der Waals surface area contributed by atoms with Crippen molar-refractivity contribution in [1.29, 1.82) is 0 Å². The monoisotopic (exact) mass is 464 g/mol. The van der Waals surface area contributed by atoms with E-state index in [9.17, 15) is 4.79 Å². The van der Waals surface area contributed by atoms with Crippen LogP contribution in [0.5, 0.6) is 5.75 Å². The van der Waals surface area contributed by atoms with Crippen LogP contribution in [0.25, 0.3) is 10.9 Å². The molecule has 0 radical (unpaired) electrons. The van der Waals surface area contributed by atoms with Crippen LogP contribution in [0.1, 0.15) is 5.56 Å². The van der Waals surface area contributed by atoms with Gasteiger partial charge in [-0.1, -0.05) is 78.5 Å². The van der Waals surface area contributed by atoms with Gasteiger partial charge >= 0.3 is 0 Å². The highest BCUT2D eigenvalue weighted by atomic mass is 32.2. The molecular weight excluding hydrogens is 440 g/mol. The summed E-state index contributed by atoms with van der Waals surface area (Å²) >= 11 is 1.63. The molecule has 1 aromatic heterocycles. The molecule has 1 amide bonds. The standard InChI is InChI=1S/C29H24N2O2S/c32-29(30-25-14-7-8-17-28(25)34-23-12-5-2-6-13-23)20-31-19-18-24-26(31)15-9-16-27(24)33-21-22-10-3-1-4-11-22/h1-19H,20-21H2,(H,30,32). The van der Waals surface area contributed by atoms with Gasteiger partial charge in [0.25, 0.3) is 0 Å². The van der Waals surface area contributed by atoms with E-state index in [0.29, 0.717) is 6.61 Å². The molecule has 0 aliphatic heterocycles. The van der Waals surface area contributed by atoms with Crippen LogP contribution in [0.3, 0.4) is 0 Å². The van der Waals surface area contributed by atoms with Gasteiger partial charge in [-0.3, -0.25) is 4.79 Å². The van der Waals surface area contributed by atoms with E-state index < -0.39 is 0 Å². The largest absolute Gasteiger partial charge is 0.488 e. The molecule has 1 heterocycles. The smallest absolute Gasteiger partial charge is 0.244 e. The predicted molar refractivity (Wildman–Crippen MR) is 138 cm³/mol. The molecule has 0 saturated carbocycles. The molecule has 5 rings (SSSR count). The van der Waals surface area contributed by atoms with E-state index in [0.717, 1.165) is 37.7 Å². The van der Waals surface area contributed by atoms with Gasteiger partial charge in [-0.25, -0.2) is 0 Å². The number of nitrogens with zero attached hydrogens (tertiary/aromatic N) is 1. The van der Waals surface area contributed by atoms with E-state index >= 15 is 0 Å². The quantitative estimate of drug-likeness (QED) is 0.269. The molecule has 5 aromatic rings. The topological polar surface area (TPSA) is 43.3 Å². The molecule has 0 unspecified atom stereocenters. The third-order valence-electron chi connectivity index (χ3n) is 5.46. The Hall–Kier alpha value is -3.96. The van der Waals surface area contributed by atoms with Gasteiger partial charge in [-0.15, -0.1) is 0 Å². The van der Waals surface area contributed by atoms with Gasteiger partial charge in [-0.2, -0.15) is 0 Å². The number of aromatic nitrogens is 1. The van der Waals surface area contributed by atoms with Crippen LogP contribution in [-0.4, -0.2) is 10.5 Å². The second kappa shape index (κ2) is 10.3. The van der Waals surface area contributed by atoms with Gasteiger partial charge < -0.3 is 14.6 Å². The van der Waals surface area contributed by atoms with Gasteiger partial charge in [0, 0.05) is 21.4 Å². The van der Waals surface area contributed by atoms with Crippen molar-refractivity contribution in [3.63, 3.8) is 0 Å². The Morgan fingerprint density at radius 1 is 0.794 bits per heavy atom. The van der Waals surface area contributed by atoms with E-state index in [1.54, 1.807) is 11.8 Å². The number of benzene rings is 4. The van der Waals surface area contributed by atoms with E-state index in [1.165, 1.54) is 0 Å². The summed E-state index contributed by atoms with van der Waals surface area (Å²) in [6, 6.07) is 36.1. The van der Waals surface area contributed by atoms with E-state index in [-0.39, 0.29) is 12.5 Å². The van der Waals surface area contributed by atoms with Crippen LogP contribution in [-0.2, 0) is 17.9 Å². The number of nitrogens with one attached hydrogen (secondary N) is 1. The Morgan fingerprint density at radius 3 is 2.35 bits per heavy atom. The fourth-order valence-corrected chi connectivity index (χ4v) is 4.74. The van der Waals surface area contributed by atoms with Crippen molar-refractivity contribution in [2.45, 2.75) is 22.9 Å². The number of ether oxygens (including phenoxy) is 1. The summed E-state index contributed by atoms with van der Waals surface area (Å²) in [6.45, 7) is 0.720. The Morgan fingerprint density at radius 2 is 1.53 bits per heavy atom. The van der Waals surface area contributed by atoms with Crippen LogP contribution < -0.4 is 10.1 Å². The lowest BCUT2D eigenvalue weighted by molar-refractivity contribution is -0.116. The summed E-state index contributed by atoms with van der Waals surface area (Å²) in [5, 5.41) is 4.08. The molecule has 4 nitrogen and oxygen atoms in total. The fourth-order valence-electron chi connectivity index (χ4n) is 3.81. The van der Waals surface area contributed by atoms with Gasteiger partial charge in [0.2, 0.25) is 5.91 Å². The molecule has 0 aliphatic carbocycles. The maximum atomic E-state index is 13.0. The Labute approximate surface area is 203 Å². The number of anilines is 1. The number of fused-ring (bicyclic) bond motifs is 1. The minimum Gasteiger partial charge on any atom is -0.488 e. The highest BCUT2D eigenvalue weighted by molar-refractivity contribution is 7.99. The van der Waals surface area contributed by atoms with Crippen molar-refractivity contribution < 1.29 is 9.53 Å². The first-order valence-electron chi connectivity index (χ1n) is 11.1. The van der Waals surface area contributed by atoms with Crippen LogP contribution in [0.15, 0.2) is 125 Å². The molecule has 0 aliphatic rings. The molecule has 5 heteroatoms.